The van der Waals surface area contributed by atoms with Crippen LogP contribution in [0, 0.1) is 27.7 Å². The van der Waals surface area contributed by atoms with E-state index in [-0.39, 0.29) is 18.4 Å². The zero-order valence-electron chi connectivity index (χ0n) is 17.7. The maximum Gasteiger partial charge on any atom is 0.262 e. The number of thiophene rings is 1. The van der Waals surface area contributed by atoms with Crippen molar-refractivity contribution in [3.8, 4) is 11.6 Å². The third-order valence-electron chi connectivity index (χ3n) is 5.21. The molecule has 3 heterocycles. The molecule has 158 valence electrons. The standard InChI is InChI=1S/C23H22N4O3S/c1-12-7-5-8-16(13(12)2)26-18(28)11-24-22(29)20-14(3)19-15(4)25-21(27-23(19)31-20)17-9-6-10-30-17/h5-10H,11H2,1-4H3,(H,24,29)(H,26,28). The summed E-state index contributed by atoms with van der Waals surface area (Å²) in [4.78, 5) is 35.4. The Hall–Kier alpha value is -3.52. The molecule has 1 aromatic carbocycles. The number of aryl methyl sites for hydroxylation is 3. The minimum Gasteiger partial charge on any atom is -0.461 e. The van der Waals surface area contributed by atoms with Crippen LogP contribution in [0.15, 0.2) is 41.0 Å². The second kappa shape index (κ2) is 8.31. The maximum atomic E-state index is 12.8. The van der Waals surface area contributed by atoms with Crippen molar-refractivity contribution in [3.63, 3.8) is 0 Å². The van der Waals surface area contributed by atoms with Crippen LogP contribution in [0.1, 0.15) is 32.1 Å². The van der Waals surface area contributed by atoms with Crippen LogP contribution in [0.25, 0.3) is 21.8 Å². The van der Waals surface area contributed by atoms with Gasteiger partial charge in [-0.2, -0.15) is 0 Å². The first-order valence-corrected chi connectivity index (χ1v) is 10.6. The van der Waals surface area contributed by atoms with Crippen LogP contribution in [0.2, 0.25) is 0 Å². The number of benzene rings is 1. The molecule has 0 spiro atoms. The normalized spacial score (nSPS) is 11.0. The van der Waals surface area contributed by atoms with Gasteiger partial charge in [-0.05, 0) is 62.6 Å². The number of rotatable bonds is 5. The Kier molecular flexibility index (Phi) is 5.56. The van der Waals surface area contributed by atoms with Gasteiger partial charge < -0.3 is 15.1 Å². The summed E-state index contributed by atoms with van der Waals surface area (Å²) < 4.78 is 5.39. The largest absolute Gasteiger partial charge is 0.461 e. The number of hydrogen-bond donors (Lipinski definition) is 2. The molecule has 0 aliphatic rings. The molecule has 0 unspecified atom stereocenters. The van der Waals surface area contributed by atoms with Gasteiger partial charge in [-0.3, -0.25) is 9.59 Å². The molecule has 7 nitrogen and oxygen atoms in total. The minimum atomic E-state index is -0.310. The molecule has 0 saturated heterocycles. The van der Waals surface area contributed by atoms with Gasteiger partial charge in [-0.1, -0.05) is 12.1 Å². The summed E-state index contributed by atoms with van der Waals surface area (Å²) in [5.74, 6) is 0.466. The zero-order valence-corrected chi connectivity index (χ0v) is 18.5. The lowest BCUT2D eigenvalue weighted by atomic mass is 10.1. The van der Waals surface area contributed by atoms with Crippen molar-refractivity contribution >= 4 is 39.1 Å². The van der Waals surface area contributed by atoms with Crippen LogP contribution >= 0.6 is 11.3 Å². The fraction of sp³-hybridized carbons (Fsp3) is 0.217. The van der Waals surface area contributed by atoms with E-state index in [0.29, 0.717) is 21.3 Å². The highest BCUT2D eigenvalue weighted by molar-refractivity contribution is 7.20. The van der Waals surface area contributed by atoms with Gasteiger partial charge in [0, 0.05) is 11.1 Å². The van der Waals surface area contributed by atoms with Gasteiger partial charge in [-0.25, -0.2) is 9.97 Å². The third-order valence-corrected chi connectivity index (χ3v) is 6.39. The molecule has 0 aliphatic carbocycles. The summed E-state index contributed by atoms with van der Waals surface area (Å²) in [5.41, 5.74) is 4.42. The van der Waals surface area contributed by atoms with E-state index in [2.05, 4.69) is 20.6 Å². The molecule has 0 fully saturated rings. The first-order chi connectivity index (χ1) is 14.8. The van der Waals surface area contributed by atoms with Crippen molar-refractivity contribution in [1.82, 2.24) is 15.3 Å². The van der Waals surface area contributed by atoms with E-state index < -0.39 is 0 Å². The molecule has 2 N–H and O–H groups in total. The van der Waals surface area contributed by atoms with E-state index in [4.69, 9.17) is 4.42 Å². The molecular weight excluding hydrogens is 412 g/mol. The molecule has 0 atom stereocenters. The van der Waals surface area contributed by atoms with E-state index >= 15 is 0 Å². The van der Waals surface area contributed by atoms with Crippen LogP contribution < -0.4 is 10.6 Å². The highest BCUT2D eigenvalue weighted by atomic mass is 32.1. The highest BCUT2D eigenvalue weighted by Crippen LogP contribution is 2.32. The van der Waals surface area contributed by atoms with E-state index in [1.807, 2.05) is 45.9 Å². The fourth-order valence-electron chi connectivity index (χ4n) is 3.39. The van der Waals surface area contributed by atoms with Gasteiger partial charge in [0.25, 0.3) is 5.91 Å². The second-order valence-electron chi connectivity index (χ2n) is 7.32. The first kappa shape index (κ1) is 20.7. The van der Waals surface area contributed by atoms with Crippen molar-refractivity contribution in [2.24, 2.45) is 0 Å². The van der Waals surface area contributed by atoms with Gasteiger partial charge in [0.15, 0.2) is 11.6 Å². The number of nitrogens with zero attached hydrogens (tertiary/aromatic N) is 2. The SMILES string of the molecule is Cc1cccc(NC(=O)CNC(=O)c2sc3nc(-c4ccco4)nc(C)c3c2C)c1C. The summed E-state index contributed by atoms with van der Waals surface area (Å²) in [6.45, 7) is 7.56. The number of amides is 2. The van der Waals surface area contributed by atoms with Gasteiger partial charge in [-0.15, -0.1) is 11.3 Å². The second-order valence-corrected chi connectivity index (χ2v) is 8.32. The Morgan fingerprint density at radius 2 is 1.84 bits per heavy atom. The van der Waals surface area contributed by atoms with Crippen LogP contribution in [-0.2, 0) is 4.79 Å². The van der Waals surface area contributed by atoms with Gasteiger partial charge in [0.2, 0.25) is 5.91 Å². The predicted octanol–water partition coefficient (Wildman–Crippen LogP) is 4.55. The highest BCUT2D eigenvalue weighted by Gasteiger charge is 2.20. The van der Waals surface area contributed by atoms with Crippen LogP contribution in [0.4, 0.5) is 5.69 Å². The summed E-state index contributed by atoms with van der Waals surface area (Å²) in [6, 6.07) is 9.29. The van der Waals surface area contributed by atoms with Crippen molar-refractivity contribution in [2.75, 3.05) is 11.9 Å². The number of aromatic nitrogens is 2. The monoisotopic (exact) mass is 434 g/mol. The molecule has 0 saturated carbocycles. The average Bonchev–Trinajstić information content (AvgIpc) is 3.38. The molecule has 4 rings (SSSR count). The zero-order chi connectivity index (χ0) is 22.1. The molecule has 0 aliphatic heterocycles. The Morgan fingerprint density at radius 3 is 2.58 bits per heavy atom. The molecule has 31 heavy (non-hydrogen) atoms. The smallest absolute Gasteiger partial charge is 0.262 e. The van der Waals surface area contributed by atoms with E-state index in [0.717, 1.165) is 33.5 Å². The maximum absolute atomic E-state index is 12.8. The number of hydrogen-bond acceptors (Lipinski definition) is 6. The summed E-state index contributed by atoms with van der Waals surface area (Å²) in [7, 11) is 0. The number of nitrogens with one attached hydrogen (secondary N) is 2. The Labute approximate surface area is 183 Å². The Morgan fingerprint density at radius 1 is 1.03 bits per heavy atom. The lowest BCUT2D eigenvalue weighted by Gasteiger charge is -2.10. The number of carbonyl (C=O) groups excluding carboxylic acids is 2. The number of anilines is 1. The van der Waals surface area contributed by atoms with Crippen LogP contribution in [-0.4, -0.2) is 28.3 Å². The van der Waals surface area contributed by atoms with Gasteiger partial charge in [0.05, 0.1) is 23.4 Å². The summed E-state index contributed by atoms with van der Waals surface area (Å²) in [6.07, 6.45) is 1.57. The predicted molar refractivity (Wildman–Crippen MR) is 121 cm³/mol. The summed E-state index contributed by atoms with van der Waals surface area (Å²) >= 11 is 1.28. The molecule has 8 heteroatoms. The third kappa shape index (κ3) is 4.06. The quantitative estimate of drug-likeness (QED) is 0.480. The van der Waals surface area contributed by atoms with Crippen molar-refractivity contribution < 1.29 is 14.0 Å². The van der Waals surface area contributed by atoms with Crippen molar-refractivity contribution in [2.45, 2.75) is 27.7 Å². The van der Waals surface area contributed by atoms with Crippen LogP contribution in [0.5, 0.6) is 0 Å². The molecule has 0 radical (unpaired) electrons. The fourth-order valence-corrected chi connectivity index (χ4v) is 4.54. The number of furan rings is 1. The van der Waals surface area contributed by atoms with E-state index in [9.17, 15) is 9.59 Å². The van der Waals surface area contributed by atoms with Gasteiger partial charge >= 0.3 is 0 Å². The molecule has 2 amide bonds. The van der Waals surface area contributed by atoms with Crippen molar-refractivity contribution in [3.05, 3.63) is 63.9 Å². The minimum absolute atomic E-state index is 0.123. The lowest BCUT2D eigenvalue weighted by molar-refractivity contribution is -0.115. The topological polar surface area (TPSA) is 97.1 Å². The Balaban J connectivity index is 1.51. The van der Waals surface area contributed by atoms with E-state index in [1.54, 1.807) is 18.4 Å². The number of carbonyl (C=O) groups is 2. The molecule has 4 aromatic rings. The molecule has 0 bridgehead atoms. The molecule has 3 aromatic heterocycles. The van der Waals surface area contributed by atoms with Gasteiger partial charge in [0.1, 0.15) is 4.83 Å². The average molecular weight is 435 g/mol. The molecular formula is C23H22N4O3S. The van der Waals surface area contributed by atoms with Crippen LogP contribution in [0.3, 0.4) is 0 Å². The Bertz CT molecular complexity index is 1290. The summed E-state index contributed by atoms with van der Waals surface area (Å²) in [5, 5.41) is 6.41. The number of fused-ring (bicyclic) bond motifs is 1. The van der Waals surface area contributed by atoms with Crippen molar-refractivity contribution in [1.29, 1.82) is 0 Å². The van der Waals surface area contributed by atoms with E-state index in [1.165, 1.54) is 11.3 Å². The first-order valence-electron chi connectivity index (χ1n) is 9.81. The lowest BCUT2D eigenvalue weighted by Crippen LogP contribution is -2.32.